The lowest BCUT2D eigenvalue weighted by molar-refractivity contribution is -0.275. The first-order valence-electron chi connectivity index (χ1n) is 4.11. The lowest BCUT2D eigenvalue weighted by Crippen LogP contribution is -2.18. The first-order chi connectivity index (χ1) is 7.37. The summed E-state index contributed by atoms with van der Waals surface area (Å²) >= 11 is 4.70. The van der Waals surface area contributed by atoms with Gasteiger partial charge < -0.3 is 21.9 Å². The minimum absolute atomic E-state index is 0.385. The van der Waals surface area contributed by atoms with Gasteiger partial charge in [-0.15, -0.1) is 13.2 Å². The van der Waals surface area contributed by atoms with Crippen molar-refractivity contribution in [2.24, 2.45) is 0 Å². The van der Waals surface area contributed by atoms with Crippen molar-refractivity contribution in [2.45, 2.75) is 6.36 Å². The normalized spacial score (nSPS) is 14.8. The van der Waals surface area contributed by atoms with Crippen LogP contribution in [0, 0.1) is 5.82 Å². The van der Waals surface area contributed by atoms with Crippen LogP contribution in [0.2, 0.25) is 0 Å². The molecule has 0 bridgehead atoms. The summed E-state index contributed by atoms with van der Waals surface area (Å²) in [4.78, 5) is 0. The van der Waals surface area contributed by atoms with Crippen molar-refractivity contribution in [2.75, 3.05) is 0 Å². The van der Waals surface area contributed by atoms with Gasteiger partial charge in [0.1, 0.15) is 0 Å². The molecule has 0 saturated heterocycles. The van der Waals surface area contributed by atoms with Crippen LogP contribution in [0.1, 0.15) is 5.56 Å². The van der Waals surface area contributed by atoms with E-state index in [-0.39, 0.29) is 0 Å². The third kappa shape index (κ3) is 2.41. The molecule has 2 rings (SSSR count). The topological polar surface area (TPSA) is 12.2 Å². The van der Waals surface area contributed by atoms with Gasteiger partial charge in [-0.05, 0) is 18.2 Å². The number of rotatable bonds is 2. The maximum atomic E-state index is 13.0. The molecule has 0 fully saturated rings. The minimum Gasteiger partial charge on any atom is -0.661 e. The van der Waals surface area contributed by atoms with Crippen molar-refractivity contribution in [1.29, 1.82) is 0 Å². The first kappa shape index (κ1) is 11.1. The van der Waals surface area contributed by atoms with Gasteiger partial charge in [0.05, 0.1) is 0 Å². The number of ether oxygens (including phenoxy) is 1. The maximum Gasteiger partial charge on any atom is 0.573 e. The summed E-state index contributed by atoms with van der Waals surface area (Å²) in [6.07, 6.45) is -3.38. The number of nitrogens with zero attached hydrogens (tertiary/aromatic N) is 1. The lowest BCUT2D eigenvalue weighted by Gasteiger charge is -2.12. The molecule has 0 radical (unpaired) electrons. The monoisotopic (exact) mass is 250 g/mol. The Morgan fingerprint density at radius 3 is 2.38 bits per heavy atom. The molecule has 0 amide bonds. The molecule has 2 nitrogen and oxygen atoms in total. The van der Waals surface area contributed by atoms with E-state index in [4.69, 9.17) is 12.8 Å². The maximum absolute atomic E-state index is 13.0. The van der Waals surface area contributed by atoms with Gasteiger partial charge in [0, 0.05) is 17.5 Å². The van der Waals surface area contributed by atoms with Crippen molar-refractivity contribution in [3.8, 4) is 5.75 Å². The number of benzene rings is 1. The molecule has 1 aromatic carbocycles. The zero-order chi connectivity index (χ0) is 11.9. The third-order valence-electron chi connectivity index (χ3n) is 1.86. The second kappa shape index (κ2) is 3.58. The summed E-state index contributed by atoms with van der Waals surface area (Å²) < 4.78 is 53.6. The van der Waals surface area contributed by atoms with E-state index >= 15 is 0 Å². The predicted molar refractivity (Wildman–Crippen MR) is 50.3 cm³/mol. The largest absolute Gasteiger partial charge is 0.661 e. The van der Waals surface area contributed by atoms with E-state index in [1.54, 1.807) is 0 Å². The highest BCUT2D eigenvalue weighted by Crippen LogP contribution is 2.34. The highest BCUT2D eigenvalue weighted by molar-refractivity contribution is 7.57. The van der Waals surface area contributed by atoms with Crippen molar-refractivity contribution < 1.29 is 22.3 Å². The van der Waals surface area contributed by atoms with E-state index in [1.807, 2.05) is 0 Å². The molecule has 7 heteroatoms. The van der Waals surface area contributed by atoms with Gasteiger partial charge in [0.2, 0.25) is 0 Å². The van der Waals surface area contributed by atoms with Gasteiger partial charge in [0.25, 0.3) is 0 Å². The molecule has 1 heterocycles. The smallest absolute Gasteiger partial charge is 0.573 e. The van der Waals surface area contributed by atoms with Crippen LogP contribution in [0.15, 0.2) is 24.4 Å². The average molecular weight is 250 g/mol. The summed E-state index contributed by atoms with van der Waals surface area (Å²) in [5, 5.41) is 0. The molecule has 16 heavy (non-hydrogen) atoms. The molecular weight excluding hydrogens is 246 g/mol. The molecule has 0 saturated carbocycles. The Morgan fingerprint density at radius 2 is 1.88 bits per heavy atom. The predicted octanol–water partition coefficient (Wildman–Crippen LogP) is 2.80. The van der Waals surface area contributed by atoms with E-state index in [0.717, 1.165) is 12.1 Å². The molecule has 0 spiro atoms. The molecule has 1 aliphatic heterocycles. The summed E-state index contributed by atoms with van der Waals surface area (Å²) in [5.41, 5.74) is 0.942. The minimum atomic E-state index is -4.91. The zero-order valence-corrected chi connectivity index (χ0v) is 8.40. The van der Waals surface area contributed by atoms with Crippen LogP contribution < -0.4 is 4.74 Å². The number of hydrogen-bond donors (Lipinski definition) is 0. The van der Waals surface area contributed by atoms with Gasteiger partial charge in [-0.1, -0.05) is 0 Å². The number of halogens is 4. The Morgan fingerprint density at radius 1 is 1.25 bits per heavy atom. The van der Waals surface area contributed by atoms with Gasteiger partial charge >= 0.3 is 6.36 Å². The SMILES string of the molecule is Fc1ccc(C2=CN2[S-])cc1OC(F)(F)F. The quantitative estimate of drug-likeness (QED) is 0.591. The fourth-order valence-electron chi connectivity index (χ4n) is 1.15. The summed E-state index contributed by atoms with van der Waals surface area (Å²) in [5.74, 6) is -1.93. The van der Waals surface area contributed by atoms with Crippen LogP contribution in [-0.4, -0.2) is 10.7 Å². The highest BCUT2D eigenvalue weighted by Gasteiger charge is 2.32. The molecule has 0 N–H and O–H groups in total. The van der Waals surface area contributed by atoms with E-state index in [1.165, 1.54) is 16.6 Å². The summed E-state index contributed by atoms with van der Waals surface area (Å²) in [7, 11) is 0. The van der Waals surface area contributed by atoms with Crippen molar-refractivity contribution >= 4 is 18.5 Å². The molecule has 0 atom stereocenters. The van der Waals surface area contributed by atoms with E-state index in [9.17, 15) is 17.6 Å². The second-order valence-electron chi connectivity index (χ2n) is 3.03. The van der Waals surface area contributed by atoms with Crippen LogP contribution >= 0.6 is 0 Å². The highest BCUT2D eigenvalue weighted by atomic mass is 32.1. The van der Waals surface area contributed by atoms with Gasteiger partial charge in [-0.25, -0.2) is 4.39 Å². The Labute approximate surface area is 93.7 Å². The average Bonchev–Trinajstić information content (AvgIpc) is 2.84. The number of hydrogen-bond acceptors (Lipinski definition) is 3. The molecule has 0 aliphatic carbocycles. The van der Waals surface area contributed by atoms with Crippen LogP contribution in [0.4, 0.5) is 17.6 Å². The zero-order valence-electron chi connectivity index (χ0n) is 7.58. The summed E-state index contributed by atoms with van der Waals surface area (Å²) in [6, 6.07) is 3.19. The molecular formula is C9H4F4NOS-. The fraction of sp³-hybridized carbons (Fsp3) is 0.111. The third-order valence-corrected chi connectivity index (χ3v) is 2.16. The standard InChI is InChI=1S/C9H4F4NOS/c10-6-2-1-5(7-4-14(7)16)3-8(6)15-9(11,12)13/h1-4H/q-1. The molecule has 0 unspecified atom stereocenters. The molecule has 1 aromatic rings. The van der Waals surface area contributed by atoms with E-state index < -0.39 is 17.9 Å². The van der Waals surface area contributed by atoms with Crippen molar-refractivity contribution in [1.82, 2.24) is 4.31 Å². The Balaban J connectivity index is 2.27. The Bertz CT molecular complexity index is 457. The van der Waals surface area contributed by atoms with Crippen molar-refractivity contribution in [3.63, 3.8) is 0 Å². The van der Waals surface area contributed by atoms with Gasteiger partial charge in [-0.3, -0.25) is 0 Å². The second-order valence-corrected chi connectivity index (χ2v) is 3.43. The van der Waals surface area contributed by atoms with Crippen LogP contribution in [0.25, 0.3) is 5.70 Å². The lowest BCUT2D eigenvalue weighted by atomic mass is 10.2. The van der Waals surface area contributed by atoms with Crippen LogP contribution in [0.5, 0.6) is 5.75 Å². The first-order valence-corrected chi connectivity index (χ1v) is 4.47. The molecule has 0 aromatic heterocycles. The van der Waals surface area contributed by atoms with E-state index in [2.05, 4.69) is 4.74 Å². The van der Waals surface area contributed by atoms with Crippen LogP contribution in [0.3, 0.4) is 0 Å². The molecule has 1 aliphatic rings. The van der Waals surface area contributed by atoms with Crippen molar-refractivity contribution in [3.05, 3.63) is 35.8 Å². The Hall–Kier alpha value is -1.37. The molecule has 86 valence electrons. The Kier molecular flexibility index (Phi) is 2.49. The van der Waals surface area contributed by atoms with Gasteiger partial charge in [0.15, 0.2) is 11.6 Å². The number of alkyl halides is 3. The fourth-order valence-corrected chi connectivity index (χ4v) is 1.35. The van der Waals surface area contributed by atoms with Crippen LogP contribution in [-0.2, 0) is 12.8 Å². The van der Waals surface area contributed by atoms with Gasteiger partial charge in [-0.2, -0.15) is 0 Å². The van der Waals surface area contributed by atoms with E-state index in [0.29, 0.717) is 11.3 Å². The summed E-state index contributed by atoms with van der Waals surface area (Å²) in [6.45, 7) is 0.